The van der Waals surface area contributed by atoms with E-state index in [0.717, 1.165) is 0 Å². The topological polar surface area (TPSA) is 136 Å². The molecule has 1 aliphatic rings. The third-order valence-corrected chi connectivity index (χ3v) is 5.10. The number of benzene rings is 2. The number of phenols is 1. The zero-order valence-electron chi connectivity index (χ0n) is 17.1. The first kappa shape index (κ1) is 20.0. The molecule has 1 aromatic heterocycles. The molecule has 0 saturated heterocycles. The second kappa shape index (κ2) is 7.84. The quantitative estimate of drug-likeness (QED) is 0.573. The van der Waals surface area contributed by atoms with Crippen LogP contribution in [0.5, 0.6) is 28.9 Å². The number of H-pyrrole nitrogens is 1. The fourth-order valence-corrected chi connectivity index (χ4v) is 3.73. The summed E-state index contributed by atoms with van der Waals surface area (Å²) in [4.78, 5) is 0. The summed E-state index contributed by atoms with van der Waals surface area (Å²) < 4.78 is 21.9. The molecule has 2 aromatic carbocycles. The molecule has 1 atom stereocenters. The van der Waals surface area contributed by atoms with Crippen LogP contribution in [0, 0.1) is 11.3 Å². The van der Waals surface area contributed by atoms with Gasteiger partial charge in [0, 0.05) is 5.56 Å². The number of methoxy groups -OCH3 is 3. The molecule has 2 heterocycles. The molecule has 1 aliphatic heterocycles. The monoisotopic (exact) mass is 420 g/mol. The molecule has 0 fully saturated rings. The third-order valence-electron chi connectivity index (χ3n) is 5.10. The fourth-order valence-electron chi connectivity index (χ4n) is 3.73. The SMILES string of the molecule is COc1cc(-c2[nH]nc3c2[C@@H](c2cccc(O)c2)C(C#N)=C(N)O3)cc(OC)c1OC. The Morgan fingerprint density at radius 2 is 1.84 bits per heavy atom. The van der Waals surface area contributed by atoms with Gasteiger partial charge in [0.05, 0.1) is 38.5 Å². The molecule has 0 bridgehead atoms. The number of aromatic amines is 1. The first-order valence-electron chi connectivity index (χ1n) is 9.27. The van der Waals surface area contributed by atoms with Gasteiger partial charge in [-0.15, -0.1) is 5.10 Å². The molecule has 9 nitrogen and oxygen atoms in total. The van der Waals surface area contributed by atoms with Crippen LogP contribution in [0.25, 0.3) is 11.3 Å². The van der Waals surface area contributed by atoms with E-state index in [4.69, 9.17) is 24.7 Å². The Balaban J connectivity index is 1.96. The van der Waals surface area contributed by atoms with Crippen LogP contribution in [-0.2, 0) is 0 Å². The van der Waals surface area contributed by atoms with Crippen molar-refractivity contribution in [3.8, 4) is 46.2 Å². The van der Waals surface area contributed by atoms with Gasteiger partial charge >= 0.3 is 0 Å². The summed E-state index contributed by atoms with van der Waals surface area (Å²) in [5.41, 5.74) is 8.76. The fraction of sp³-hybridized carbons (Fsp3) is 0.182. The summed E-state index contributed by atoms with van der Waals surface area (Å²) in [6, 6.07) is 12.3. The number of allylic oxidation sites excluding steroid dienone is 1. The van der Waals surface area contributed by atoms with Crippen LogP contribution < -0.4 is 24.7 Å². The van der Waals surface area contributed by atoms with Crippen molar-refractivity contribution < 1.29 is 24.1 Å². The number of nitrogens with zero attached hydrogens (tertiary/aromatic N) is 2. The average molecular weight is 420 g/mol. The molecule has 0 aliphatic carbocycles. The average Bonchev–Trinajstić information content (AvgIpc) is 3.20. The van der Waals surface area contributed by atoms with Crippen LogP contribution >= 0.6 is 0 Å². The summed E-state index contributed by atoms with van der Waals surface area (Å²) in [7, 11) is 4.58. The van der Waals surface area contributed by atoms with Crippen LogP contribution in [0.2, 0.25) is 0 Å². The van der Waals surface area contributed by atoms with E-state index < -0.39 is 5.92 Å². The van der Waals surface area contributed by atoms with Gasteiger partial charge in [-0.3, -0.25) is 5.10 Å². The first-order chi connectivity index (χ1) is 15.0. The van der Waals surface area contributed by atoms with Gasteiger partial charge in [-0.25, -0.2) is 0 Å². The van der Waals surface area contributed by atoms with Gasteiger partial charge in [0.25, 0.3) is 0 Å². The number of hydrogen-bond acceptors (Lipinski definition) is 8. The minimum atomic E-state index is -0.603. The van der Waals surface area contributed by atoms with Crippen LogP contribution in [0.3, 0.4) is 0 Å². The number of hydrogen-bond donors (Lipinski definition) is 3. The van der Waals surface area contributed by atoms with E-state index in [9.17, 15) is 10.4 Å². The molecular weight excluding hydrogens is 400 g/mol. The predicted molar refractivity (Wildman–Crippen MR) is 111 cm³/mol. The lowest BCUT2D eigenvalue weighted by Gasteiger charge is -2.24. The Morgan fingerprint density at radius 1 is 1.13 bits per heavy atom. The van der Waals surface area contributed by atoms with Gasteiger partial charge in [0.2, 0.25) is 17.5 Å². The zero-order chi connectivity index (χ0) is 22.1. The van der Waals surface area contributed by atoms with E-state index in [0.29, 0.717) is 39.6 Å². The van der Waals surface area contributed by atoms with E-state index >= 15 is 0 Å². The molecule has 0 saturated carbocycles. The number of rotatable bonds is 5. The van der Waals surface area contributed by atoms with E-state index in [1.54, 1.807) is 36.4 Å². The second-order valence-electron chi connectivity index (χ2n) is 6.75. The van der Waals surface area contributed by atoms with E-state index in [1.165, 1.54) is 21.3 Å². The smallest absolute Gasteiger partial charge is 0.244 e. The number of nitriles is 1. The van der Waals surface area contributed by atoms with Crippen molar-refractivity contribution in [3.05, 3.63) is 59.0 Å². The summed E-state index contributed by atoms with van der Waals surface area (Å²) in [6.07, 6.45) is 0. The van der Waals surface area contributed by atoms with Gasteiger partial charge in [-0.05, 0) is 29.8 Å². The summed E-state index contributed by atoms with van der Waals surface area (Å²) in [5.74, 6) is 1.04. The number of nitrogens with one attached hydrogen (secondary N) is 1. The van der Waals surface area contributed by atoms with Crippen molar-refractivity contribution in [1.29, 1.82) is 5.26 Å². The normalized spacial score (nSPS) is 15.0. The van der Waals surface area contributed by atoms with E-state index in [-0.39, 0.29) is 23.1 Å². The highest BCUT2D eigenvalue weighted by molar-refractivity contribution is 5.75. The van der Waals surface area contributed by atoms with Gasteiger partial charge in [0.15, 0.2) is 11.5 Å². The molecule has 158 valence electrons. The van der Waals surface area contributed by atoms with Crippen molar-refractivity contribution >= 4 is 0 Å². The van der Waals surface area contributed by atoms with Crippen molar-refractivity contribution in [1.82, 2.24) is 10.2 Å². The van der Waals surface area contributed by atoms with Gasteiger partial charge in [-0.1, -0.05) is 12.1 Å². The minimum absolute atomic E-state index is 0.0358. The number of aromatic hydroxyl groups is 1. The Morgan fingerprint density at radius 3 is 2.42 bits per heavy atom. The van der Waals surface area contributed by atoms with Gasteiger partial charge in [-0.2, -0.15) is 5.26 Å². The van der Waals surface area contributed by atoms with E-state index in [2.05, 4.69) is 16.3 Å². The lowest BCUT2D eigenvalue weighted by atomic mass is 9.83. The molecule has 9 heteroatoms. The highest BCUT2D eigenvalue weighted by atomic mass is 16.5. The lowest BCUT2D eigenvalue weighted by Crippen LogP contribution is -2.21. The molecular formula is C22H20N4O5. The summed E-state index contributed by atoms with van der Waals surface area (Å²) in [5, 5.41) is 27.0. The van der Waals surface area contributed by atoms with Crippen LogP contribution in [0.15, 0.2) is 47.9 Å². The van der Waals surface area contributed by atoms with Crippen molar-refractivity contribution in [2.75, 3.05) is 21.3 Å². The molecule has 4 rings (SSSR count). The van der Waals surface area contributed by atoms with Crippen LogP contribution in [-0.4, -0.2) is 36.6 Å². The highest BCUT2D eigenvalue weighted by Gasteiger charge is 2.36. The third kappa shape index (κ3) is 3.24. The molecule has 0 spiro atoms. The van der Waals surface area contributed by atoms with Crippen molar-refractivity contribution in [3.63, 3.8) is 0 Å². The molecule has 4 N–H and O–H groups in total. The number of fused-ring (bicyclic) bond motifs is 1. The van der Waals surface area contributed by atoms with Crippen molar-refractivity contribution in [2.45, 2.75) is 5.92 Å². The summed E-state index contributed by atoms with van der Waals surface area (Å²) in [6.45, 7) is 0. The van der Waals surface area contributed by atoms with Crippen molar-refractivity contribution in [2.24, 2.45) is 5.73 Å². The lowest BCUT2D eigenvalue weighted by molar-refractivity contribution is 0.324. The highest BCUT2D eigenvalue weighted by Crippen LogP contribution is 2.48. The standard InChI is InChI=1S/C22H20N4O5/c1-28-15-8-12(9-16(29-2)20(15)30-3)19-18-17(11-5-4-6-13(27)7-11)14(10-23)21(24)31-22(18)26-25-19/h4-9,17,27H,24H2,1-3H3,(H,25,26)/t17-/m0/s1. The zero-order valence-corrected chi connectivity index (χ0v) is 17.1. The van der Waals surface area contributed by atoms with Crippen LogP contribution in [0.1, 0.15) is 17.0 Å². The summed E-state index contributed by atoms with van der Waals surface area (Å²) >= 11 is 0. The number of aromatic nitrogens is 2. The molecule has 0 radical (unpaired) electrons. The second-order valence-corrected chi connectivity index (χ2v) is 6.75. The number of ether oxygens (including phenoxy) is 4. The Kier molecular flexibility index (Phi) is 5.05. The maximum atomic E-state index is 10.0. The maximum Gasteiger partial charge on any atom is 0.244 e. The maximum absolute atomic E-state index is 10.0. The minimum Gasteiger partial charge on any atom is -0.508 e. The molecule has 0 amide bonds. The number of nitrogens with two attached hydrogens (primary N) is 1. The Bertz CT molecular complexity index is 1200. The molecule has 3 aromatic rings. The molecule has 0 unspecified atom stereocenters. The first-order valence-corrected chi connectivity index (χ1v) is 9.27. The predicted octanol–water partition coefficient (Wildman–Crippen LogP) is 3.03. The van der Waals surface area contributed by atoms with Crippen LogP contribution in [0.4, 0.5) is 0 Å². The molecule has 31 heavy (non-hydrogen) atoms. The van der Waals surface area contributed by atoms with Gasteiger partial charge < -0.3 is 29.8 Å². The van der Waals surface area contributed by atoms with Gasteiger partial charge in [0.1, 0.15) is 17.4 Å². The number of phenolic OH excluding ortho intramolecular Hbond substituents is 1. The Labute approximate surface area is 178 Å². The largest absolute Gasteiger partial charge is 0.508 e. The van der Waals surface area contributed by atoms with E-state index in [1.807, 2.05) is 0 Å². The Hall–Kier alpha value is -4.32.